The van der Waals surface area contributed by atoms with Gasteiger partial charge in [-0.05, 0) is 53.8 Å². The summed E-state index contributed by atoms with van der Waals surface area (Å²) in [6.07, 6.45) is 0. The smallest absolute Gasteiger partial charge is 0.263 e. The van der Waals surface area contributed by atoms with Crippen LogP contribution in [0.2, 0.25) is 0 Å². The molecule has 2 aromatic heterocycles. The van der Waals surface area contributed by atoms with Crippen LogP contribution in [0.4, 0.5) is 0 Å². The van der Waals surface area contributed by atoms with E-state index in [9.17, 15) is 9.59 Å². The fourth-order valence-electron chi connectivity index (χ4n) is 2.66. The van der Waals surface area contributed by atoms with Crippen molar-refractivity contribution in [2.45, 2.75) is 34.2 Å². The Balaban J connectivity index is 2.41. The highest BCUT2D eigenvalue weighted by Crippen LogP contribution is 2.15. The molecule has 23 heavy (non-hydrogen) atoms. The van der Waals surface area contributed by atoms with E-state index in [4.69, 9.17) is 0 Å². The first-order chi connectivity index (χ1) is 10.8. The summed E-state index contributed by atoms with van der Waals surface area (Å²) in [7, 11) is 1.71. The second-order valence-corrected chi connectivity index (χ2v) is 7.20. The van der Waals surface area contributed by atoms with Gasteiger partial charge in [-0.1, -0.05) is 13.8 Å². The highest BCUT2D eigenvalue weighted by atomic mass is 32.1. The SMILES string of the molecule is Cc1cc(C)n(C)c(=O)c1C(=O)N(Cc1ccsc1)CC(C)C. The van der Waals surface area contributed by atoms with Crippen molar-refractivity contribution in [3.8, 4) is 0 Å². The van der Waals surface area contributed by atoms with Crippen LogP contribution < -0.4 is 5.56 Å². The molecule has 2 aromatic rings. The van der Waals surface area contributed by atoms with Crippen molar-refractivity contribution in [2.75, 3.05) is 6.54 Å². The van der Waals surface area contributed by atoms with Crippen molar-refractivity contribution >= 4 is 17.2 Å². The number of nitrogens with zero attached hydrogens (tertiary/aromatic N) is 2. The first-order valence-corrected chi connectivity index (χ1v) is 8.73. The molecular formula is C18H24N2O2S. The predicted octanol–water partition coefficient (Wildman–Crippen LogP) is 3.36. The summed E-state index contributed by atoms with van der Waals surface area (Å²) in [5, 5.41) is 4.05. The zero-order valence-electron chi connectivity index (χ0n) is 14.4. The Morgan fingerprint density at radius 3 is 2.61 bits per heavy atom. The number of aryl methyl sites for hydroxylation is 2. The molecule has 2 rings (SSSR count). The van der Waals surface area contributed by atoms with Gasteiger partial charge in [-0.2, -0.15) is 11.3 Å². The minimum absolute atomic E-state index is 0.178. The van der Waals surface area contributed by atoms with Crippen molar-refractivity contribution in [1.29, 1.82) is 0 Å². The van der Waals surface area contributed by atoms with Crippen LogP contribution in [0.1, 0.15) is 41.0 Å². The second-order valence-electron chi connectivity index (χ2n) is 6.42. The molecule has 0 aliphatic carbocycles. The summed E-state index contributed by atoms with van der Waals surface area (Å²) in [5.41, 5.74) is 2.78. The molecular weight excluding hydrogens is 308 g/mol. The molecule has 0 aliphatic rings. The second kappa shape index (κ2) is 7.13. The van der Waals surface area contributed by atoms with Crippen LogP contribution in [0.3, 0.4) is 0 Å². The Morgan fingerprint density at radius 1 is 1.35 bits per heavy atom. The van der Waals surface area contributed by atoms with Crippen molar-refractivity contribution in [2.24, 2.45) is 13.0 Å². The molecule has 1 amide bonds. The van der Waals surface area contributed by atoms with E-state index >= 15 is 0 Å². The number of aromatic nitrogens is 1. The maximum absolute atomic E-state index is 13.0. The van der Waals surface area contributed by atoms with Gasteiger partial charge in [-0.3, -0.25) is 9.59 Å². The van der Waals surface area contributed by atoms with Crippen LogP contribution in [0.15, 0.2) is 27.7 Å². The highest BCUT2D eigenvalue weighted by Gasteiger charge is 2.23. The molecule has 0 saturated carbocycles. The fraction of sp³-hybridized carbons (Fsp3) is 0.444. The largest absolute Gasteiger partial charge is 0.334 e. The molecule has 0 N–H and O–H groups in total. The van der Waals surface area contributed by atoms with Gasteiger partial charge < -0.3 is 9.47 Å². The molecule has 0 aromatic carbocycles. The summed E-state index contributed by atoms with van der Waals surface area (Å²) in [6.45, 7) is 9.03. The van der Waals surface area contributed by atoms with E-state index in [1.54, 1.807) is 27.9 Å². The lowest BCUT2D eigenvalue weighted by Crippen LogP contribution is -2.39. The van der Waals surface area contributed by atoms with E-state index in [-0.39, 0.29) is 17.0 Å². The molecule has 0 aliphatic heterocycles. The highest BCUT2D eigenvalue weighted by molar-refractivity contribution is 7.07. The summed E-state index contributed by atoms with van der Waals surface area (Å²) in [5.74, 6) is 0.162. The molecule has 0 spiro atoms. The number of amides is 1. The number of rotatable bonds is 5. The van der Waals surface area contributed by atoms with Gasteiger partial charge in [0.25, 0.3) is 11.5 Å². The Morgan fingerprint density at radius 2 is 2.04 bits per heavy atom. The minimum Gasteiger partial charge on any atom is -0.334 e. The quantitative estimate of drug-likeness (QED) is 0.842. The zero-order valence-corrected chi connectivity index (χ0v) is 15.2. The maximum atomic E-state index is 13.0. The first-order valence-electron chi connectivity index (χ1n) is 7.78. The van der Waals surface area contributed by atoms with Crippen LogP contribution in [-0.2, 0) is 13.6 Å². The van der Waals surface area contributed by atoms with Crippen LogP contribution in [-0.4, -0.2) is 21.9 Å². The summed E-state index contributed by atoms with van der Waals surface area (Å²) >= 11 is 1.61. The van der Waals surface area contributed by atoms with Crippen LogP contribution >= 0.6 is 11.3 Å². The van der Waals surface area contributed by atoms with Crippen molar-refractivity contribution < 1.29 is 4.79 Å². The van der Waals surface area contributed by atoms with E-state index in [2.05, 4.69) is 13.8 Å². The maximum Gasteiger partial charge on any atom is 0.263 e. The third-order valence-electron chi connectivity index (χ3n) is 3.91. The van der Waals surface area contributed by atoms with Gasteiger partial charge in [-0.15, -0.1) is 0 Å². The Kier molecular flexibility index (Phi) is 5.42. The Hall–Kier alpha value is -1.88. The van der Waals surface area contributed by atoms with Gasteiger partial charge in [0, 0.05) is 25.8 Å². The lowest BCUT2D eigenvalue weighted by molar-refractivity contribution is 0.0719. The predicted molar refractivity (Wildman–Crippen MR) is 95.1 cm³/mol. The number of hydrogen-bond donors (Lipinski definition) is 0. The molecule has 0 unspecified atom stereocenters. The molecule has 0 radical (unpaired) electrons. The number of pyridine rings is 1. The fourth-order valence-corrected chi connectivity index (χ4v) is 3.32. The number of carbonyl (C=O) groups is 1. The van der Waals surface area contributed by atoms with Gasteiger partial charge in [0.1, 0.15) is 5.56 Å². The first kappa shape index (κ1) is 17.5. The zero-order chi connectivity index (χ0) is 17.1. The van der Waals surface area contributed by atoms with Gasteiger partial charge >= 0.3 is 0 Å². The van der Waals surface area contributed by atoms with Crippen LogP contribution in [0.5, 0.6) is 0 Å². The molecule has 0 atom stereocenters. The van der Waals surface area contributed by atoms with Crippen molar-refractivity contribution in [3.05, 3.63) is 55.6 Å². The summed E-state index contributed by atoms with van der Waals surface area (Å²) in [4.78, 5) is 27.4. The van der Waals surface area contributed by atoms with Crippen molar-refractivity contribution in [3.63, 3.8) is 0 Å². The number of carbonyl (C=O) groups excluding carboxylic acids is 1. The molecule has 124 valence electrons. The van der Waals surface area contributed by atoms with Crippen LogP contribution in [0.25, 0.3) is 0 Å². The van der Waals surface area contributed by atoms with Crippen molar-refractivity contribution in [1.82, 2.24) is 9.47 Å². The van der Waals surface area contributed by atoms with Gasteiger partial charge in [-0.25, -0.2) is 0 Å². The normalized spacial score (nSPS) is 11.0. The van der Waals surface area contributed by atoms with Gasteiger partial charge in [0.15, 0.2) is 0 Å². The van der Waals surface area contributed by atoms with Gasteiger partial charge in [0.2, 0.25) is 0 Å². The standard InChI is InChI=1S/C18H24N2O2S/c1-12(2)9-20(10-15-6-7-23-11-15)18(22)16-13(3)8-14(4)19(5)17(16)21/h6-8,11-12H,9-10H2,1-5H3. The Labute approximate surface area is 141 Å². The lowest BCUT2D eigenvalue weighted by Gasteiger charge is -2.25. The number of hydrogen-bond acceptors (Lipinski definition) is 3. The van der Waals surface area contributed by atoms with Gasteiger partial charge in [0.05, 0.1) is 0 Å². The molecule has 5 heteroatoms. The summed E-state index contributed by atoms with van der Waals surface area (Å²) < 4.78 is 1.54. The van der Waals surface area contributed by atoms with E-state index in [1.165, 1.54) is 0 Å². The molecule has 0 fully saturated rings. The van der Waals surface area contributed by atoms with E-state index in [0.29, 0.717) is 19.0 Å². The third kappa shape index (κ3) is 3.91. The van der Waals surface area contributed by atoms with Crippen LogP contribution in [0, 0.1) is 19.8 Å². The lowest BCUT2D eigenvalue weighted by atomic mass is 10.1. The molecule has 2 heterocycles. The van der Waals surface area contributed by atoms with E-state index in [1.807, 2.05) is 36.7 Å². The molecule has 0 saturated heterocycles. The third-order valence-corrected chi connectivity index (χ3v) is 4.64. The topological polar surface area (TPSA) is 42.3 Å². The molecule has 0 bridgehead atoms. The summed E-state index contributed by atoms with van der Waals surface area (Å²) in [6, 6.07) is 3.91. The molecule has 4 nitrogen and oxygen atoms in total. The van der Waals surface area contributed by atoms with E-state index < -0.39 is 0 Å². The Bertz CT molecular complexity index is 745. The average molecular weight is 332 g/mol. The minimum atomic E-state index is -0.216. The number of thiophene rings is 1. The monoisotopic (exact) mass is 332 g/mol. The van der Waals surface area contributed by atoms with E-state index in [0.717, 1.165) is 16.8 Å². The average Bonchev–Trinajstić information content (AvgIpc) is 2.96.